The van der Waals surface area contributed by atoms with Crippen molar-refractivity contribution in [3.63, 3.8) is 0 Å². The molecule has 40 heavy (non-hydrogen) atoms. The zero-order chi connectivity index (χ0) is 29.8. The van der Waals surface area contributed by atoms with Crippen LogP contribution in [-0.4, -0.2) is 70.4 Å². The number of nitrogens with two attached hydrogens (primary N) is 3. The second-order valence-electron chi connectivity index (χ2n) is 10.1. The second kappa shape index (κ2) is 15.6. The van der Waals surface area contributed by atoms with E-state index < -0.39 is 53.8 Å². The Labute approximate surface area is 233 Å². The highest BCUT2D eigenvalue weighted by Gasteiger charge is 2.31. The van der Waals surface area contributed by atoms with Gasteiger partial charge in [-0.2, -0.15) is 0 Å². The number of primary amides is 1. The zero-order valence-corrected chi connectivity index (χ0v) is 22.9. The number of H-pyrrole nitrogens is 1. The maximum Gasteiger partial charge on any atom is 0.326 e. The highest BCUT2D eigenvalue weighted by atomic mass is 16.4. The van der Waals surface area contributed by atoms with Gasteiger partial charge in [-0.3, -0.25) is 19.2 Å². The van der Waals surface area contributed by atoms with E-state index in [1.165, 1.54) is 0 Å². The number of carbonyl (C=O) groups excluding carboxylic acids is 4. The first kappa shape index (κ1) is 32.2. The number of benzene rings is 1. The normalized spacial score (nSPS) is 14.2. The van der Waals surface area contributed by atoms with Crippen LogP contribution in [0.25, 0.3) is 10.9 Å². The lowest BCUT2D eigenvalue weighted by atomic mass is 10.0. The van der Waals surface area contributed by atoms with Crippen LogP contribution in [0.15, 0.2) is 30.5 Å². The fraction of sp³-hybridized carbons (Fsp3) is 0.519. The van der Waals surface area contributed by atoms with E-state index >= 15 is 0 Å². The Balaban J connectivity index is 2.29. The van der Waals surface area contributed by atoms with Crippen LogP contribution < -0.4 is 33.2 Å². The summed E-state index contributed by atoms with van der Waals surface area (Å²) in [4.78, 5) is 65.7. The monoisotopic (exact) mass is 559 g/mol. The number of hydrogen-bond donors (Lipinski definition) is 8. The number of nitrogens with one attached hydrogen (secondary N) is 4. The molecule has 2 aromatic rings. The minimum Gasteiger partial charge on any atom is -0.480 e. The molecule has 0 saturated heterocycles. The van der Waals surface area contributed by atoms with Gasteiger partial charge in [-0.25, -0.2) is 4.79 Å². The Kier molecular flexibility index (Phi) is 12.6. The SMILES string of the molecule is CC(C)C(N)C(=O)NC(Cc1c[nH]c2ccccc12)C(=O)NC(CCC(N)=O)C(=O)NC(CCCCN)C(=O)O. The molecule has 0 aliphatic rings. The van der Waals surface area contributed by atoms with E-state index in [2.05, 4.69) is 20.9 Å². The molecule has 13 nitrogen and oxygen atoms in total. The van der Waals surface area contributed by atoms with E-state index in [9.17, 15) is 29.1 Å². The molecule has 0 aliphatic carbocycles. The largest absolute Gasteiger partial charge is 0.480 e. The summed E-state index contributed by atoms with van der Waals surface area (Å²) in [6.07, 6.45) is 2.60. The number of aliphatic carboxylic acids is 1. The van der Waals surface area contributed by atoms with Crippen LogP contribution >= 0.6 is 0 Å². The van der Waals surface area contributed by atoms with Crippen LogP contribution in [0.4, 0.5) is 0 Å². The Morgan fingerprint density at radius 2 is 1.52 bits per heavy atom. The number of rotatable bonds is 17. The summed E-state index contributed by atoms with van der Waals surface area (Å²) in [5.74, 6) is -4.16. The fourth-order valence-corrected chi connectivity index (χ4v) is 4.15. The molecular formula is C27H41N7O6. The van der Waals surface area contributed by atoms with Crippen molar-refractivity contribution < 1.29 is 29.1 Å². The van der Waals surface area contributed by atoms with Crippen molar-refractivity contribution in [2.24, 2.45) is 23.1 Å². The minimum atomic E-state index is -1.28. The predicted molar refractivity (Wildman–Crippen MR) is 150 cm³/mol. The van der Waals surface area contributed by atoms with Gasteiger partial charge in [-0.1, -0.05) is 32.0 Å². The van der Waals surface area contributed by atoms with E-state index in [-0.39, 0.29) is 31.6 Å². The topological polar surface area (TPSA) is 236 Å². The molecule has 1 aromatic carbocycles. The number of fused-ring (bicyclic) bond motifs is 1. The van der Waals surface area contributed by atoms with Gasteiger partial charge in [0, 0.05) is 29.9 Å². The molecule has 0 radical (unpaired) electrons. The number of unbranched alkanes of at least 4 members (excludes halogenated alkanes) is 1. The van der Waals surface area contributed by atoms with Gasteiger partial charge < -0.3 is 43.2 Å². The lowest BCUT2D eigenvalue weighted by molar-refractivity contribution is -0.142. The first-order chi connectivity index (χ1) is 18.9. The molecule has 1 aromatic heterocycles. The summed E-state index contributed by atoms with van der Waals surface area (Å²) in [6, 6.07) is 2.96. The molecule has 0 aliphatic heterocycles. The van der Waals surface area contributed by atoms with Crippen molar-refractivity contribution in [3.8, 4) is 0 Å². The summed E-state index contributed by atoms with van der Waals surface area (Å²) in [6.45, 7) is 3.92. The molecular weight excluding hydrogens is 518 g/mol. The number of carbonyl (C=O) groups is 5. The van der Waals surface area contributed by atoms with E-state index in [1.807, 2.05) is 24.3 Å². The quantitative estimate of drug-likeness (QED) is 0.119. The smallest absolute Gasteiger partial charge is 0.326 e. The van der Waals surface area contributed by atoms with Crippen molar-refractivity contribution in [2.45, 2.75) is 76.5 Å². The van der Waals surface area contributed by atoms with Crippen molar-refractivity contribution in [2.75, 3.05) is 6.54 Å². The van der Waals surface area contributed by atoms with Crippen molar-refractivity contribution >= 4 is 40.5 Å². The first-order valence-electron chi connectivity index (χ1n) is 13.4. The standard InChI is InChI=1S/C27H41N7O6/c1-15(2)23(30)26(38)34-21(13-16-14-31-18-8-4-3-7-17(16)18)25(37)32-19(10-11-22(29)35)24(36)33-20(27(39)40)9-5-6-12-28/h3-4,7-8,14-15,19-21,23,31H,5-6,9-13,28,30H2,1-2H3,(H2,29,35)(H,32,37)(H,33,36)(H,34,38)(H,39,40). The van der Waals surface area contributed by atoms with Crippen LogP contribution in [0, 0.1) is 5.92 Å². The summed E-state index contributed by atoms with van der Waals surface area (Å²) in [5.41, 5.74) is 18.3. The lowest BCUT2D eigenvalue weighted by Gasteiger charge is -2.25. The van der Waals surface area contributed by atoms with Crippen molar-refractivity contribution in [1.29, 1.82) is 0 Å². The van der Waals surface area contributed by atoms with E-state index in [0.29, 0.717) is 19.4 Å². The molecule has 4 atom stereocenters. The Morgan fingerprint density at radius 1 is 0.900 bits per heavy atom. The van der Waals surface area contributed by atoms with E-state index in [0.717, 1.165) is 16.5 Å². The van der Waals surface area contributed by atoms with Crippen molar-refractivity contribution in [3.05, 3.63) is 36.0 Å². The van der Waals surface area contributed by atoms with Crippen LogP contribution in [0.2, 0.25) is 0 Å². The van der Waals surface area contributed by atoms with Gasteiger partial charge in [0.1, 0.15) is 18.1 Å². The van der Waals surface area contributed by atoms with Gasteiger partial charge >= 0.3 is 5.97 Å². The minimum absolute atomic E-state index is 0.0768. The number of hydrogen-bond acceptors (Lipinski definition) is 7. The molecule has 0 saturated carbocycles. The van der Waals surface area contributed by atoms with E-state index in [4.69, 9.17) is 17.2 Å². The fourth-order valence-electron chi connectivity index (χ4n) is 4.15. The predicted octanol–water partition coefficient (Wildman–Crippen LogP) is -0.373. The summed E-state index contributed by atoms with van der Waals surface area (Å²) >= 11 is 0. The van der Waals surface area contributed by atoms with Gasteiger partial charge in [-0.05, 0) is 49.8 Å². The third-order valence-electron chi connectivity index (χ3n) is 6.63. The molecule has 13 heteroatoms. The molecule has 0 spiro atoms. The molecule has 220 valence electrons. The Bertz CT molecular complexity index is 1180. The summed E-state index contributed by atoms with van der Waals surface area (Å²) < 4.78 is 0. The molecule has 11 N–H and O–H groups in total. The molecule has 4 unspecified atom stereocenters. The number of carboxylic acid groups (broad SMARTS) is 1. The van der Waals surface area contributed by atoms with Gasteiger partial charge in [0.15, 0.2) is 0 Å². The lowest BCUT2D eigenvalue weighted by Crippen LogP contribution is -2.58. The van der Waals surface area contributed by atoms with Crippen LogP contribution in [0.3, 0.4) is 0 Å². The highest BCUT2D eigenvalue weighted by molar-refractivity contribution is 5.95. The third kappa shape index (κ3) is 9.65. The van der Waals surface area contributed by atoms with Gasteiger partial charge in [0.05, 0.1) is 6.04 Å². The molecule has 2 rings (SSSR count). The van der Waals surface area contributed by atoms with E-state index in [1.54, 1.807) is 20.0 Å². The summed E-state index contributed by atoms with van der Waals surface area (Å²) in [5, 5.41) is 18.1. The molecule has 0 bridgehead atoms. The zero-order valence-electron chi connectivity index (χ0n) is 22.9. The van der Waals surface area contributed by atoms with Crippen LogP contribution in [-0.2, 0) is 30.4 Å². The third-order valence-corrected chi connectivity index (χ3v) is 6.63. The number of amides is 4. The highest BCUT2D eigenvalue weighted by Crippen LogP contribution is 2.19. The van der Waals surface area contributed by atoms with Crippen molar-refractivity contribution in [1.82, 2.24) is 20.9 Å². The van der Waals surface area contributed by atoms with Gasteiger partial charge in [-0.15, -0.1) is 0 Å². The second-order valence-corrected chi connectivity index (χ2v) is 10.1. The molecule has 4 amide bonds. The maximum absolute atomic E-state index is 13.5. The molecule has 0 fully saturated rings. The number of para-hydroxylation sites is 1. The number of aromatic amines is 1. The van der Waals surface area contributed by atoms with Crippen LogP contribution in [0.5, 0.6) is 0 Å². The number of aromatic nitrogens is 1. The Hall–Kier alpha value is -3.97. The average molecular weight is 560 g/mol. The average Bonchev–Trinajstić information content (AvgIpc) is 3.31. The Morgan fingerprint density at radius 3 is 2.15 bits per heavy atom. The molecule has 1 heterocycles. The summed E-state index contributed by atoms with van der Waals surface area (Å²) in [7, 11) is 0. The van der Waals surface area contributed by atoms with Gasteiger partial charge in [0.25, 0.3) is 0 Å². The first-order valence-corrected chi connectivity index (χ1v) is 13.4. The van der Waals surface area contributed by atoms with Gasteiger partial charge in [0.2, 0.25) is 23.6 Å². The maximum atomic E-state index is 13.5. The number of carboxylic acids is 1. The van der Waals surface area contributed by atoms with Crippen LogP contribution in [0.1, 0.15) is 51.5 Å².